The standard InChI is InChI=1S/C29H34Cl2N2O7/c1-16(25(35)36)32-27(39)29(4)13-12-20(28(29,2)3)24(34)33-23(26(37)38)14-17-8-10-18(11-9-17)40-15-19-21(30)6-5-7-22(19)31/h5-11,16,20,23H,12-15H2,1-4H3,(H,32,39)(H,33,34)(H,35,36)(H,37,38). The molecule has 1 aliphatic carbocycles. The van der Waals surface area contributed by atoms with Crippen LogP contribution in [0.4, 0.5) is 0 Å². The van der Waals surface area contributed by atoms with E-state index in [2.05, 4.69) is 10.6 Å². The molecule has 4 atom stereocenters. The van der Waals surface area contributed by atoms with E-state index in [1.807, 2.05) is 0 Å². The van der Waals surface area contributed by atoms with Crippen LogP contribution in [0.5, 0.6) is 5.75 Å². The Morgan fingerprint density at radius 1 is 0.975 bits per heavy atom. The second-order valence-corrected chi connectivity index (χ2v) is 11.7. The number of ether oxygens (including phenoxy) is 1. The largest absolute Gasteiger partial charge is 0.489 e. The van der Waals surface area contributed by atoms with Crippen LogP contribution < -0.4 is 15.4 Å². The minimum atomic E-state index is -1.19. The van der Waals surface area contributed by atoms with E-state index in [0.29, 0.717) is 39.8 Å². The maximum absolute atomic E-state index is 13.3. The van der Waals surface area contributed by atoms with Crippen molar-refractivity contribution >= 4 is 47.0 Å². The van der Waals surface area contributed by atoms with Gasteiger partial charge in [0.15, 0.2) is 0 Å². The number of aliphatic carboxylic acids is 2. The molecule has 1 fully saturated rings. The molecule has 0 radical (unpaired) electrons. The van der Waals surface area contributed by atoms with E-state index in [1.54, 1.807) is 63.2 Å². The summed E-state index contributed by atoms with van der Waals surface area (Å²) < 4.78 is 5.77. The van der Waals surface area contributed by atoms with Gasteiger partial charge in [0, 0.05) is 27.9 Å². The fraction of sp³-hybridized carbons (Fsp3) is 0.448. The van der Waals surface area contributed by atoms with Gasteiger partial charge in [-0.25, -0.2) is 4.79 Å². The van der Waals surface area contributed by atoms with Crippen LogP contribution in [0.15, 0.2) is 42.5 Å². The first-order chi connectivity index (χ1) is 18.7. The number of carboxylic acids is 2. The quantitative estimate of drug-likeness (QED) is 0.296. The van der Waals surface area contributed by atoms with Crippen LogP contribution in [0.25, 0.3) is 0 Å². The first kappa shape index (κ1) is 31.2. The summed E-state index contributed by atoms with van der Waals surface area (Å²) in [5.74, 6) is -3.35. The summed E-state index contributed by atoms with van der Waals surface area (Å²) >= 11 is 12.4. The molecule has 2 aromatic carbocycles. The predicted octanol–water partition coefficient (Wildman–Crippen LogP) is 4.72. The van der Waals surface area contributed by atoms with Gasteiger partial charge in [-0.15, -0.1) is 0 Å². The lowest BCUT2D eigenvalue weighted by Gasteiger charge is -2.40. The molecule has 4 unspecified atom stereocenters. The summed E-state index contributed by atoms with van der Waals surface area (Å²) in [6, 6.07) is 9.75. The molecule has 1 aliphatic rings. The summed E-state index contributed by atoms with van der Waals surface area (Å²) in [5, 5.41) is 25.1. The van der Waals surface area contributed by atoms with Crippen molar-refractivity contribution in [3.05, 3.63) is 63.6 Å². The lowest BCUT2D eigenvalue weighted by Crippen LogP contribution is -2.53. The third kappa shape index (κ3) is 6.70. The fourth-order valence-electron chi connectivity index (χ4n) is 5.04. The molecule has 0 saturated heterocycles. The summed E-state index contributed by atoms with van der Waals surface area (Å²) in [6.45, 7) is 6.80. The van der Waals surface area contributed by atoms with E-state index in [4.69, 9.17) is 33.0 Å². The molecule has 2 aromatic rings. The summed E-state index contributed by atoms with van der Waals surface area (Å²) in [7, 11) is 0. The lowest BCUT2D eigenvalue weighted by atomic mass is 9.65. The van der Waals surface area contributed by atoms with E-state index in [9.17, 15) is 24.3 Å². The molecule has 4 N–H and O–H groups in total. The molecule has 11 heteroatoms. The number of rotatable bonds is 11. The van der Waals surface area contributed by atoms with E-state index in [0.717, 1.165) is 0 Å². The van der Waals surface area contributed by atoms with Gasteiger partial charge in [-0.1, -0.05) is 62.2 Å². The van der Waals surface area contributed by atoms with Crippen molar-refractivity contribution in [1.29, 1.82) is 0 Å². The summed E-state index contributed by atoms with van der Waals surface area (Å²) in [4.78, 5) is 49.5. The monoisotopic (exact) mass is 592 g/mol. The van der Waals surface area contributed by atoms with Crippen LogP contribution in [0.2, 0.25) is 10.0 Å². The van der Waals surface area contributed by atoms with Crippen molar-refractivity contribution < 1.29 is 34.1 Å². The number of nitrogens with one attached hydrogen (secondary N) is 2. The second kappa shape index (κ2) is 12.5. The van der Waals surface area contributed by atoms with Crippen LogP contribution >= 0.6 is 23.2 Å². The second-order valence-electron chi connectivity index (χ2n) is 10.9. The average Bonchev–Trinajstić information content (AvgIpc) is 3.13. The predicted molar refractivity (Wildman–Crippen MR) is 150 cm³/mol. The zero-order chi connectivity index (χ0) is 29.8. The maximum Gasteiger partial charge on any atom is 0.326 e. The molecule has 40 heavy (non-hydrogen) atoms. The van der Waals surface area contributed by atoms with E-state index < -0.39 is 52.6 Å². The van der Waals surface area contributed by atoms with Gasteiger partial charge < -0.3 is 25.6 Å². The maximum atomic E-state index is 13.3. The van der Waals surface area contributed by atoms with Crippen molar-refractivity contribution in [3.63, 3.8) is 0 Å². The molecule has 0 aliphatic heterocycles. The fourth-order valence-corrected chi connectivity index (χ4v) is 5.55. The van der Waals surface area contributed by atoms with Gasteiger partial charge in [-0.05, 0) is 55.0 Å². The number of carbonyl (C=O) groups is 4. The molecule has 0 spiro atoms. The third-order valence-corrected chi connectivity index (χ3v) is 8.89. The molecule has 216 valence electrons. The van der Waals surface area contributed by atoms with Crippen molar-refractivity contribution in [1.82, 2.24) is 10.6 Å². The minimum absolute atomic E-state index is 0.0404. The number of amides is 2. The number of benzene rings is 2. The van der Waals surface area contributed by atoms with Gasteiger partial charge in [-0.2, -0.15) is 0 Å². The Balaban J connectivity index is 1.64. The third-order valence-electron chi connectivity index (χ3n) is 8.18. The molecule has 0 bridgehead atoms. The number of carboxylic acid groups (broad SMARTS) is 2. The highest BCUT2D eigenvalue weighted by molar-refractivity contribution is 6.35. The highest BCUT2D eigenvalue weighted by atomic mass is 35.5. The molecule has 3 rings (SSSR count). The van der Waals surface area contributed by atoms with E-state index in [-0.39, 0.29) is 13.0 Å². The van der Waals surface area contributed by atoms with Crippen molar-refractivity contribution in [2.75, 3.05) is 0 Å². The van der Waals surface area contributed by atoms with Crippen molar-refractivity contribution in [2.24, 2.45) is 16.7 Å². The van der Waals surface area contributed by atoms with Gasteiger partial charge in [0.25, 0.3) is 0 Å². The Kier molecular flexibility index (Phi) is 9.74. The van der Waals surface area contributed by atoms with Gasteiger partial charge in [0.1, 0.15) is 24.4 Å². The topological polar surface area (TPSA) is 142 Å². The average molecular weight is 594 g/mol. The molecule has 2 amide bonds. The zero-order valence-corrected chi connectivity index (χ0v) is 24.3. The summed E-state index contributed by atoms with van der Waals surface area (Å²) in [5.41, 5.74) is -0.537. The van der Waals surface area contributed by atoms with Gasteiger partial charge >= 0.3 is 11.9 Å². The molecule has 9 nitrogen and oxygen atoms in total. The van der Waals surface area contributed by atoms with Gasteiger partial charge in [-0.3, -0.25) is 14.4 Å². The van der Waals surface area contributed by atoms with Crippen LogP contribution in [0, 0.1) is 16.7 Å². The number of hydrogen-bond acceptors (Lipinski definition) is 5. The molecule has 1 saturated carbocycles. The van der Waals surface area contributed by atoms with E-state index in [1.165, 1.54) is 6.92 Å². The Labute approximate surface area is 243 Å². The summed E-state index contributed by atoms with van der Waals surface area (Å²) in [6.07, 6.45) is 0.756. The number of halogens is 2. The first-order valence-corrected chi connectivity index (χ1v) is 13.6. The van der Waals surface area contributed by atoms with Gasteiger partial charge in [0.05, 0.1) is 5.41 Å². The number of hydrogen-bond donors (Lipinski definition) is 4. The smallest absolute Gasteiger partial charge is 0.326 e. The van der Waals surface area contributed by atoms with E-state index >= 15 is 0 Å². The molecular weight excluding hydrogens is 559 g/mol. The highest BCUT2D eigenvalue weighted by Crippen LogP contribution is 2.56. The van der Waals surface area contributed by atoms with Gasteiger partial charge in [0.2, 0.25) is 11.8 Å². The lowest BCUT2D eigenvalue weighted by molar-refractivity contribution is -0.147. The Morgan fingerprint density at radius 2 is 1.57 bits per heavy atom. The molecule has 0 aromatic heterocycles. The molecular formula is C29H34Cl2N2O7. The Hall–Kier alpha value is -3.30. The minimum Gasteiger partial charge on any atom is -0.489 e. The zero-order valence-electron chi connectivity index (χ0n) is 22.8. The van der Waals surface area contributed by atoms with Crippen LogP contribution in [0.1, 0.15) is 51.7 Å². The van der Waals surface area contributed by atoms with Crippen LogP contribution in [-0.2, 0) is 32.2 Å². The van der Waals surface area contributed by atoms with Crippen molar-refractivity contribution in [3.8, 4) is 5.75 Å². The highest BCUT2D eigenvalue weighted by Gasteiger charge is 2.58. The SMILES string of the molecule is CC(NC(=O)C1(C)CCC(C(=O)NC(Cc2ccc(OCc3c(Cl)cccc3Cl)cc2)C(=O)O)C1(C)C)C(=O)O. The normalized spacial score (nSPS) is 21.2. The first-order valence-electron chi connectivity index (χ1n) is 12.9. The van der Waals surface area contributed by atoms with Crippen LogP contribution in [-0.4, -0.2) is 46.0 Å². The van der Waals surface area contributed by atoms with Crippen LogP contribution in [0.3, 0.4) is 0 Å². The Morgan fingerprint density at radius 3 is 2.12 bits per heavy atom. The molecule has 0 heterocycles. The Bertz CT molecular complexity index is 1260. The number of carbonyl (C=O) groups excluding carboxylic acids is 2. The van der Waals surface area contributed by atoms with Crippen molar-refractivity contribution in [2.45, 2.75) is 65.6 Å².